The van der Waals surface area contributed by atoms with Crippen molar-refractivity contribution in [2.45, 2.75) is 0 Å². The van der Waals surface area contributed by atoms with E-state index in [0.717, 1.165) is 4.90 Å². The highest BCUT2D eigenvalue weighted by atomic mass is 16.3. The maximum absolute atomic E-state index is 9.70. The SMILES string of the molecule is [2H]c1c([2H])c(N(c2c([2H])c([2H])c(-c3cccc4oc5ccccc5c34)c([2H])c2[2H])c2c([2H])c([2H])c([2H])c3oc4c5c([2H])c([2H])c([2H])c([2H])c5c([2H])c([2H])c4c23)c([2H])c([2H])c1-c1ccccc1. The van der Waals surface area contributed by atoms with Crippen LogP contribution in [-0.2, 0) is 0 Å². The van der Waals surface area contributed by atoms with Crippen LogP contribution < -0.4 is 4.90 Å². The summed E-state index contributed by atoms with van der Waals surface area (Å²) in [5.41, 5.74) is -1.93. The molecular weight excluding hydrogens is 599 g/mol. The van der Waals surface area contributed by atoms with Crippen LogP contribution in [0.2, 0.25) is 0 Å². The van der Waals surface area contributed by atoms with Crippen molar-refractivity contribution in [1.82, 2.24) is 0 Å². The molecule has 0 N–H and O–H groups in total. The normalized spacial score (nSPS) is 16.5. The standard InChI is InChI=1S/C46H29NO2/c1-2-10-30(11-3-1)31-20-25-34(26-21-31)47(40-16-9-19-43-45(40)39-29-24-32-12-4-5-13-37(32)46(39)49-43)35-27-22-33(23-28-35)36-15-8-18-42-44(36)38-14-6-7-17-41(38)48-42/h1-29H/i4D,5D,9D,12D,13D,16D,19D,20D,21D,22D,23D,24D,25D,26D,27D,28D,29D. The number of hydrogen-bond donors (Lipinski definition) is 0. The van der Waals surface area contributed by atoms with E-state index in [2.05, 4.69) is 0 Å². The summed E-state index contributed by atoms with van der Waals surface area (Å²) in [5.74, 6) is 0. The van der Waals surface area contributed by atoms with Crippen LogP contribution in [0.1, 0.15) is 23.3 Å². The Balaban J connectivity index is 1.40. The van der Waals surface area contributed by atoms with E-state index in [1.165, 1.54) is 0 Å². The number of para-hydroxylation sites is 1. The zero-order valence-corrected chi connectivity index (χ0v) is 25.2. The van der Waals surface area contributed by atoms with E-state index in [4.69, 9.17) is 18.4 Å². The number of nitrogens with zero attached hydrogens (tertiary/aromatic N) is 1. The average molecular weight is 645 g/mol. The molecule has 0 unspecified atom stereocenters. The summed E-state index contributed by atoms with van der Waals surface area (Å²) >= 11 is 0. The van der Waals surface area contributed by atoms with Crippen molar-refractivity contribution in [1.29, 1.82) is 0 Å². The zero-order valence-electron chi connectivity index (χ0n) is 42.2. The first-order valence-electron chi connectivity index (χ1n) is 23.7. The second-order valence-corrected chi connectivity index (χ2v) is 11.2. The lowest BCUT2D eigenvalue weighted by Crippen LogP contribution is -2.10. The molecule has 0 radical (unpaired) electrons. The third-order valence-electron chi connectivity index (χ3n) is 8.36. The molecule has 3 heteroatoms. The molecule has 49 heavy (non-hydrogen) atoms. The van der Waals surface area contributed by atoms with E-state index in [-0.39, 0.29) is 22.1 Å². The van der Waals surface area contributed by atoms with E-state index in [1.807, 2.05) is 0 Å². The number of furan rings is 2. The number of rotatable bonds is 5. The molecule has 230 valence electrons. The van der Waals surface area contributed by atoms with E-state index in [1.54, 1.807) is 72.8 Å². The summed E-state index contributed by atoms with van der Waals surface area (Å²) in [5, 5.41) is -0.504. The molecule has 0 spiro atoms. The fourth-order valence-corrected chi connectivity index (χ4v) is 6.16. The predicted octanol–water partition coefficient (Wildman–Crippen LogP) is 13.4. The monoisotopic (exact) mass is 644 g/mol. The van der Waals surface area contributed by atoms with Gasteiger partial charge in [0.25, 0.3) is 0 Å². The molecule has 0 bridgehead atoms. The summed E-state index contributed by atoms with van der Waals surface area (Å²) in [6.07, 6.45) is 0. The minimum absolute atomic E-state index is 0.134. The summed E-state index contributed by atoms with van der Waals surface area (Å²) in [4.78, 5) is 0.776. The first-order valence-corrected chi connectivity index (χ1v) is 15.2. The molecule has 0 atom stereocenters. The molecule has 8 aromatic carbocycles. The van der Waals surface area contributed by atoms with Gasteiger partial charge < -0.3 is 13.7 Å². The van der Waals surface area contributed by atoms with E-state index >= 15 is 0 Å². The largest absolute Gasteiger partial charge is 0.456 e. The number of anilines is 3. The van der Waals surface area contributed by atoms with Gasteiger partial charge in [0.15, 0.2) is 0 Å². The predicted molar refractivity (Wildman–Crippen MR) is 204 cm³/mol. The van der Waals surface area contributed by atoms with Crippen molar-refractivity contribution in [2.24, 2.45) is 0 Å². The lowest BCUT2D eigenvalue weighted by Gasteiger charge is -2.26. The Morgan fingerprint density at radius 2 is 1.16 bits per heavy atom. The molecule has 3 nitrogen and oxygen atoms in total. The van der Waals surface area contributed by atoms with Crippen LogP contribution in [0.3, 0.4) is 0 Å². The highest BCUT2D eigenvalue weighted by molar-refractivity contribution is 6.19. The number of fused-ring (bicyclic) bond motifs is 8. The van der Waals surface area contributed by atoms with Crippen LogP contribution in [-0.4, -0.2) is 0 Å². The molecule has 0 aliphatic heterocycles. The quantitative estimate of drug-likeness (QED) is 0.187. The first kappa shape index (κ1) is 15.5. The molecule has 0 amide bonds. The van der Waals surface area contributed by atoms with E-state index in [0.29, 0.717) is 27.5 Å². The van der Waals surface area contributed by atoms with Crippen molar-refractivity contribution in [3.8, 4) is 22.3 Å². The van der Waals surface area contributed by atoms with Crippen molar-refractivity contribution < 1.29 is 32.1 Å². The number of hydrogen-bond acceptors (Lipinski definition) is 3. The van der Waals surface area contributed by atoms with Crippen molar-refractivity contribution in [3.63, 3.8) is 0 Å². The maximum Gasteiger partial charge on any atom is 0.143 e. The van der Waals surface area contributed by atoms with Gasteiger partial charge in [-0.2, -0.15) is 0 Å². The van der Waals surface area contributed by atoms with Gasteiger partial charge in [-0.3, -0.25) is 0 Å². The smallest absolute Gasteiger partial charge is 0.143 e. The van der Waals surface area contributed by atoms with Gasteiger partial charge in [0.1, 0.15) is 22.3 Å². The molecule has 10 rings (SSSR count). The minimum Gasteiger partial charge on any atom is -0.456 e. The van der Waals surface area contributed by atoms with Gasteiger partial charge in [0.2, 0.25) is 0 Å². The van der Waals surface area contributed by atoms with E-state index in [9.17, 15) is 13.7 Å². The van der Waals surface area contributed by atoms with Gasteiger partial charge in [-0.05, 0) is 82.1 Å². The molecule has 0 aliphatic rings. The Morgan fingerprint density at radius 3 is 2.00 bits per heavy atom. The lowest BCUT2D eigenvalue weighted by molar-refractivity contribution is 0.669. The van der Waals surface area contributed by atoms with Gasteiger partial charge >= 0.3 is 0 Å². The third-order valence-corrected chi connectivity index (χ3v) is 8.36. The molecular formula is C46H29NO2. The highest BCUT2D eigenvalue weighted by Crippen LogP contribution is 2.45. The van der Waals surface area contributed by atoms with Gasteiger partial charge in [0.05, 0.1) is 34.4 Å². The highest BCUT2D eigenvalue weighted by Gasteiger charge is 2.21. The zero-order chi connectivity index (χ0) is 47.1. The van der Waals surface area contributed by atoms with Gasteiger partial charge in [0, 0.05) is 32.9 Å². The van der Waals surface area contributed by atoms with Crippen LogP contribution in [0.5, 0.6) is 0 Å². The van der Waals surface area contributed by atoms with Gasteiger partial charge in [-0.15, -0.1) is 0 Å². The van der Waals surface area contributed by atoms with Crippen molar-refractivity contribution in [2.75, 3.05) is 4.90 Å². The fraction of sp³-hybridized carbons (Fsp3) is 0. The lowest BCUT2D eigenvalue weighted by atomic mass is 9.98. The van der Waals surface area contributed by atoms with Crippen molar-refractivity contribution in [3.05, 3.63) is 176 Å². The Morgan fingerprint density at radius 1 is 0.429 bits per heavy atom. The second-order valence-electron chi connectivity index (χ2n) is 11.2. The Labute approximate surface area is 306 Å². The summed E-state index contributed by atoms with van der Waals surface area (Å²) < 4.78 is 169. The second kappa shape index (κ2) is 11.0. The summed E-state index contributed by atoms with van der Waals surface area (Å²) in [6.45, 7) is 0. The Bertz CT molecular complexity index is 3750. The molecule has 0 fully saturated rings. The molecule has 10 aromatic rings. The Hall–Kier alpha value is -6.58. The average Bonchev–Trinajstić information content (AvgIpc) is 3.90. The number of benzene rings is 8. The Kier molecular flexibility index (Phi) is 3.49. The molecule has 2 aromatic heterocycles. The van der Waals surface area contributed by atoms with Gasteiger partial charge in [-0.1, -0.05) is 121 Å². The fourth-order valence-electron chi connectivity index (χ4n) is 6.16. The summed E-state index contributed by atoms with van der Waals surface area (Å²) in [6, 6.07) is 7.81. The molecule has 0 saturated carbocycles. The van der Waals surface area contributed by atoms with E-state index < -0.39 is 147 Å². The molecule has 0 aliphatic carbocycles. The summed E-state index contributed by atoms with van der Waals surface area (Å²) in [7, 11) is 0. The first-order chi connectivity index (χ1) is 31.4. The van der Waals surface area contributed by atoms with Crippen molar-refractivity contribution >= 4 is 71.7 Å². The maximum atomic E-state index is 9.70. The van der Waals surface area contributed by atoms with Crippen LogP contribution in [0.15, 0.2) is 184 Å². The van der Waals surface area contributed by atoms with Crippen LogP contribution in [0.25, 0.3) is 76.9 Å². The molecule has 2 heterocycles. The van der Waals surface area contributed by atoms with Crippen LogP contribution >= 0.6 is 0 Å². The van der Waals surface area contributed by atoms with Crippen LogP contribution in [0, 0.1) is 0 Å². The molecule has 0 saturated heterocycles. The topological polar surface area (TPSA) is 29.5 Å². The third kappa shape index (κ3) is 4.44. The minimum atomic E-state index is -0.879. The van der Waals surface area contributed by atoms with Gasteiger partial charge in [-0.25, -0.2) is 0 Å². The van der Waals surface area contributed by atoms with Crippen LogP contribution in [0.4, 0.5) is 17.1 Å².